The SMILES string of the molecule is COc1ccc(OC)c(C2(CN)CCCC2)c1C(C)C. The van der Waals surface area contributed by atoms with Crippen LogP contribution in [0.5, 0.6) is 11.5 Å². The number of hydrogen-bond donors (Lipinski definition) is 1. The fourth-order valence-electron chi connectivity index (χ4n) is 3.66. The molecule has 1 fully saturated rings. The smallest absolute Gasteiger partial charge is 0.123 e. The van der Waals surface area contributed by atoms with E-state index in [4.69, 9.17) is 15.2 Å². The highest BCUT2D eigenvalue weighted by atomic mass is 16.5. The fourth-order valence-corrected chi connectivity index (χ4v) is 3.66. The Kier molecular flexibility index (Phi) is 4.59. The average Bonchev–Trinajstić information content (AvgIpc) is 2.95. The van der Waals surface area contributed by atoms with Crippen LogP contribution in [-0.4, -0.2) is 20.8 Å². The summed E-state index contributed by atoms with van der Waals surface area (Å²) in [5.74, 6) is 2.30. The largest absolute Gasteiger partial charge is 0.496 e. The van der Waals surface area contributed by atoms with E-state index < -0.39 is 0 Å². The van der Waals surface area contributed by atoms with E-state index in [1.807, 2.05) is 12.1 Å². The number of hydrogen-bond acceptors (Lipinski definition) is 3. The van der Waals surface area contributed by atoms with E-state index in [2.05, 4.69) is 13.8 Å². The van der Waals surface area contributed by atoms with Crippen LogP contribution in [-0.2, 0) is 5.41 Å². The maximum atomic E-state index is 6.19. The van der Waals surface area contributed by atoms with Crippen LogP contribution in [0.25, 0.3) is 0 Å². The van der Waals surface area contributed by atoms with E-state index in [1.54, 1.807) is 14.2 Å². The second-order valence-corrected chi connectivity index (χ2v) is 6.11. The van der Waals surface area contributed by atoms with Crippen LogP contribution < -0.4 is 15.2 Å². The van der Waals surface area contributed by atoms with Crippen LogP contribution in [0.4, 0.5) is 0 Å². The van der Waals surface area contributed by atoms with Crippen molar-refractivity contribution < 1.29 is 9.47 Å². The monoisotopic (exact) mass is 277 g/mol. The molecule has 0 radical (unpaired) electrons. The summed E-state index contributed by atoms with van der Waals surface area (Å²) in [5, 5.41) is 0. The number of ether oxygens (including phenoxy) is 2. The molecule has 3 nitrogen and oxygen atoms in total. The van der Waals surface area contributed by atoms with Crippen molar-refractivity contribution >= 4 is 0 Å². The highest BCUT2D eigenvalue weighted by Crippen LogP contribution is 2.49. The Hall–Kier alpha value is -1.22. The molecule has 2 N–H and O–H groups in total. The second-order valence-electron chi connectivity index (χ2n) is 6.11. The molecule has 0 spiro atoms. The van der Waals surface area contributed by atoms with Gasteiger partial charge >= 0.3 is 0 Å². The van der Waals surface area contributed by atoms with E-state index in [0.29, 0.717) is 12.5 Å². The highest BCUT2D eigenvalue weighted by Gasteiger charge is 2.39. The molecule has 1 aliphatic carbocycles. The van der Waals surface area contributed by atoms with Crippen molar-refractivity contribution in [2.24, 2.45) is 5.73 Å². The number of nitrogens with two attached hydrogens (primary N) is 1. The number of rotatable bonds is 5. The summed E-state index contributed by atoms with van der Waals surface area (Å²) in [4.78, 5) is 0. The van der Waals surface area contributed by atoms with Gasteiger partial charge in [-0.2, -0.15) is 0 Å². The third kappa shape index (κ3) is 2.39. The Labute approximate surface area is 122 Å². The Morgan fingerprint density at radius 3 is 2.10 bits per heavy atom. The van der Waals surface area contributed by atoms with Crippen molar-refractivity contribution in [3.05, 3.63) is 23.3 Å². The summed E-state index contributed by atoms with van der Waals surface area (Å²) < 4.78 is 11.3. The van der Waals surface area contributed by atoms with Gasteiger partial charge in [0.25, 0.3) is 0 Å². The van der Waals surface area contributed by atoms with Gasteiger partial charge in [-0.05, 0) is 30.9 Å². The Bertz CT molecular complexity index is 462. The molecule has 0 bridgehead atoms. The highest BCUT2D eigenvalue weighted by molar-refractivity contribution is 5.54. The quantitative estimate of drug-likeness (QED) is 0.894. The van der Waals surface area contributed by atoms with Crippen LogP contribution in [0.3, 0.4) is 0 Å². The fraction of sp³-hybridized carbons (Fsp3) is 0.647. The first-order chi connectivity index (χ1) is 9.59. The van der Waals surface area contributed by atoms with Gasteiger partial charge in [0, 0.05) is 23.1 Å². The van der Waals surface area contributed by atoms with Crippen molar-refractivity contribution in [1.29, 1.82) is 0 Å². The third-order valence-corrected chi connectivity index (χ3v) is 4.67. The Morgan fingerprint density at radius 1 is 1.10 bits per heavy atom. The third-order valence-electron chi connectivity index (χ3n) is 4.67. The summed E-state index contributed by atoms with van der Waals surface area (Å²) in [7, 11) is 3.48. The molecule has 0 saturated heterocycles. The average molecular weight is 277 g/mol. The molecule has 20 heavy (non-hydrogen) atoms. The van der Waals surface area contributed by atoms with Gasteiger partial charge in [0.15, 0.2) is 0 Å². The first kappa shape index (κ1) is 15.2. The predicted molar refractivity (Wildman–Crippen MR) is 82.8 cm³/mol. The Morgan fingerprint density at radius 2 is 1.65 bits per heavy atom. The second kappa shape index (κ2) is 6.04. The molecule has 0 aliphatic heterocycles. The van der Waals surface area contributed by atoms with Crippen molar-refractivity contribution in [2.75, 3.05) is 20.8 Å². The lowest BCUT2D eigenvalue weighted by atomic mass is 9.74. The predicted octanol–water partition coefficient (Wildman–Crippen LogP) is 3.60. The first-order valence-electron chi connectivity index (χ1n) is 7.55. The summed E-state index contributed by atoms with van der Waals surface area (Å²) >= 11 is 0. The molecule has 1 saturated carbocycles. The lowest BCUT2D eigenvalue weighted by molar-refractivity contribution is 0.363. The lowest BCUT2D eigenvalue weighted by Crippen LogP contribution is -2.34. The maximum Gasteiger partial charge on any atom is 0.123 e. The zero-order valence-electron chi connectivity index (χ0n) is 13.2. The van der Waals surface area contributed by atoms with E-state index in [-0.39, 0.29) is 5.41 Å². The minimum absolute atomic E-state index is 0.0550. The Balaban J connectivity index is 2.70. The molecular formula is C17H27NO2. The minimum atomic E-state index is 0.0550. The van der Waals surface area contributed by atoms with Gasteiger partial charge in [-0.25, -0.2) is 0 Å². The van der Waals surface area contributed by atoms with E-state index >= 15 is 0 Å². The molecule has 0 aromatic heterocycles. The zero-order valence-corrected chi connectivity index (χ0v) is 13.2. The van der Waals surface area contributed by atoms with E-state index in [0.717, 1.165) is 24.3 Å². The molecule has 1 aromatic rings. The maximum absolute atomic E-state index is 6.19. The van der Waals surface area contributed by atoms with Crippen LogP contribution in [0, 0.1) is 0 Å². The zero-order chi connectivity index (χ0) is 14.8. The van der Waals surface area contributed by atoms with Gasteiger partial charge in [0.1, 0.15) is 11.5 Å². The molecular weight excluding hydrogens is 250 g/mol. The summed E-state index contributed by atoms with van der Waals surface area (Å²) in [6, 6.07) is 4.03. The van der Waals surface area contributed by atoms with E-state index in [1.165, 1.54) is 24.0 Å². The normalized spacial score (nSPS) is 17.5. The van der Waals surface area contributed by atoms with Crippen LogP contribution in [0.15, 0.2) is 12.1 Å². The number of methoxy groups -OCH3 is 2. The van der Waals surface area contributed by atoms with Gasteiger partial charge in [-0.1, -0.05) is 26.7 Å². The molecule has 0 atom stereocenters. The standard InChI is InChI=1S/C17H27NO2/c1-12(2)15-13(19-3)7-8-14(20-4)16(15)17(11-18)9-5-6-10-17/h7-8,12H,5-6,9-11,18H2,1-4H3. The molecule has 2 rings (SSSR count). The van der Waals surface area contributed by atoms with Crippen molar-refractivity contribution in [1.82, 2.24) is 0 Å². The summed E-state index contributed by atoms with van der Waals surface area (Å²) in [6.07, 6.45) is 4.78. The number of benzene rings is 1. The molecule has 1 aliphatic rings. The van der Waals surface area contributed by atoms with Gasteiger partial charge in [0.05, 0.1) is 14.2 Å². The van der Waals surface area contributed by atoms with Gasteiger partial charge in [0.2, 0.25) is 0 Å². The van der Waals surface area contributed by atoms with E-state index in [9.17, 15) is 0 Å². The molecule has 0 unspecified atom stereocenters. The summed E-state index contributed by atoms with van der Waals surface area (Å²) in [6.45, 7) is 5.09. The molecule has 112 valence electrons. The first-order valence-corrected chi connectivity index (χ1v) is 7.55. The molecule has 1 aromatic carbocycles. The van der Waals surface area contributed by atoms with Crippen molar-refractivity contribution in [3.8, 4) is 11.5 Å². The molecule has 3 heteroatoms. The van der Waals surface area contributed by atoms with Gasteiger partial charge < -0.3 is 15.2 Å². The van der Waals surface area contributed by atoms with Gasteiger partial charge in [-0.15, -0.1) is 0 Å². The van der Waals surface area contributed by atoms with Crippen molar-refractivity contribution in [3.63, 3.8) is 0 Å². The van der Waals surface area contributed by atoms with Crippen LogP contribution in [0.2, 0.25) is 0 Å². The lowest BCUT2D eigenvalue weighted by Gasteiger charge is -2.33. The topological polar surface area (TPSA) is 44.5 Å². The van der Waals surface area contributed by atoms with Gasteiger partial charge in [-0.3, -0.25) is 0 Å². The van der Waals surface area contributed by atoms with Crippen molar-refractivity contribution in [2.45, 2.75) is 50.9 Å². The van der Waals surface area contributed by atoms with Crippen LogP contribution in [0.1, 0.15) is 56.6 Å². The molecule has 0 heterocycles. The molecule has 0 amide bonds. The van der Waals surface area contributed by atoms with Crippen LogP contribution >= 0.6 is 0 Å². The minimum Gasteiger partial charge on any atom is -0.496 e. The summed E-state index contributed by atoms with van der Waals surface area (Å²) in [5.41, 5.74) is 8.79.